The number of hydrogen-bond acceptors (Lipinski definition) is 2. The van der Waals surface area contributed by atoms with Gasteiger partial charge in [-0.15, -0.1) is 10.2 Å². The Morgan fingerprint density at radius 1 is 1.24 bits per heavy atom. The van der Waals surface area contributed by atoms with Crippen molar-refractivity contribution in [3.63, 3.8) is 0 Å². The molecule has 0 aliphatic rings. The Bertz CT molecular complexity index is 552. The Morgan fingerprint density at radius 2 is 1.94 bits per heavy atom. The molecule has 0 aliphatic heterocycles. The quantitative estimate of drug-likeness (QED) is 0.811. The molecule has 0 saturated carbocycles. The van der Waals surface area contributed by atoms with Crippen molar-refractivity contribution in [3.05, 3.63) is 38.8 Å². The Balaban J connectivity index is 2.68. The van der Waals surface area contributed by atoms with Crippen LogP contribution in [0.4, 0.5) is 0 Å². The number of nitrogens with zero attached hydrogens (tertiary/aromatic N) is 3. The van der Waals surface area contributed by atoms with Gasteiger partial charge in [0.2, 0.25) is 5.28 Å². The smallest absolute Gasteiger partial charge is 0.229 e. The minimum absolute atomic E-state index is 0.223. The lowest BCUT2D eigenvalue weighted by Gasteiger charge is -2.12. The van der Waals surface area contributed by atoms with Crippen LogP contribution in [0.25, 0.3) is 5.69 Å². The molecule has 0 unspecified atom stereocenters. The van der Waals surface area contributed by atoms with Crippen molar-refractivity contribution in [2.45, 2.75) is 19.8 Å². The van der Waals surface area contributed by atoms with Gasteiger partial charge in [0, 0.05) is 5.92 Å². The molecule has 0 spiro atoms. The molecule has 3 nitrogen and oxygen atoms in total. The van der Waals surface area contributed by atoms with Crippen LogP contribution in [-0.4, -0.2) is 14.8 Å². The van der Waals surface area contributed by atoms with Crippen molar-refractivity contribution in [3.8, 4) is 5.69 Å². The first-order valence-electron chi connectivity index (χ1n) is 5.07. The van der Waals surface area contributed by atoms with Gasteiger partial charge in [-0.1, -0.05) is 31.5 Å². The fourth-order valence-electron chi connectivity index (χ4n) is 1.54. The summed E-state index contributed by atoms with van der Waals surface area (Å²) in [5.74, 6) is 1.03. The van der Waals surface area contributed by atoms with Gasteiger partial charge in [0.15, 0.2) is 0 Å². The summed E-state index contributed by atoms with van der Waals surface area (Å²) in [4.78, 5) is 0. The average molecular weight is 335 g/mol. The van der Waals surface area contributed by atoms with E-state index in [0.29, 0.717) is 10.3 Å². The molecule has 0 fully saturated rings. The number of rotatable bonds is 2. The predicted molar refractivity (Wildman–Crippen MR) is 73.2 cm³/mol. The third kappa shape index (κ3) is 2.34. The van der Waals surface area contributed by atoms with Crippen molar-refractivity contribution in [2.24, 2.45) is 0 Å². The maximum absolute atomic E-state index is 6.07. The van der Waals surface area contributed by atoms with E-state index in [-0.39, 0.29) is 5.92 Å². The molecule has 0 atom stereocenters. The summed E-state index contributed by atoms with van der Waals surface area (Å²) in [6.45, 7) is 4.07. The van der Waals surface area contributed by atoms with Crippen LogP contribution in [0.5, 0.6) is 0 Å². The standard InChI is InChI=1S/C11H10BrCl2N3/c1-6(2)10-15-16-11(14)17(10)8-5-3-4-7(13)9(8)12/h3-6H,1-2H3. The van der Waals surface area contributed by atoms with Crippen molar-refractivity contribution in [1.29, 1.82) is 0 Å². The minimum atomic E-state index is 0.223. The van der Waals surface area contributed by atoms with Crippen LogP contribution in [0.1, 0.15) is 25.6 Å². The molecule has 2 aromatic rings. The van der Waals surface area contributed by atoms with E-state index in [4.69, 9.17) is 23.2 Å². The minimum Gasteiger partial charge on any atom is -0.268 e. The highest BCUT2D eigenvalue weighted by Crippen LogP contribution is 2.32. The second-order valence-electron chi connectivity index (χ2n) is 3.89. The van der Waals surface area contributed by atoms with Crippen LogP contribution in [0.3, 0.4) is 0 Å². The van der Waals surface area contributed by atoms with Crippen molar-refractivity contribution < 1.29 is 0 Å². The first-order chi connectivity index (χ1) is 8.02. The monoisotopic (exact) mass is 333 g/mol. The van der Waals surface area contributed by atoms with Crippen molar-refractivity contribution in [2.75, 3.05) is 0 Å². The summed E-state index contributed by atoms with van der Waals surface area (Å²) in [5, 5.41) is 8.94. The third-order valence-corrected chi connectivity index (χ3v) is 3.96. The van der Waals surface area contributed by atoms with E-state index >= 15 is 0 Å². The fourth-order valence-corrected chi connectivity index (χ4v) is 2.36. The molecule has 0 amide bonds. The van der Waals surface area contributed by atoms with Gasteiger partial charge in [0.1, 0.15) is 5.82 Å². The van der Waals surface area contributed by atoms with Crippen LogP contribution >= 0.6 is 39.1 Å². The van der Waals surface area contributed by atoms with Gasteiger partial charge < -0.3 is 0 Å². The Morgan fingerprint density at radius 3 is 2.59 bits per heavy atom. The fraction of sp³-hybridized carbons (Fsp3) is 0.273. The first kappa shape index (κ1) is 12.9. The lowest BCUT2D eigenvalue weighted by molar-refractivity contribution is 0.745. The summed E-state index contributed by atoms with van der Waals surface area (Å²) < 4.78 is 2.58. The van der Waals surface area contributed by atoms with E-state index in [1.807, 2.05) is 32.0 Å². The topological polar surface area (TPSA) is 30.7 Å². The molecular weight excluding hydrogens is 325 g/mol. The van der Waals surface area contributed by atoms with Gasteiger partial charge in [-0.05, 0) is 39.7 Å². The molecule has 0 N–H and O–H groups in total. The van der Waals surface area contributed by atoms with Crippen LogP contribution in [0, 0.1) is 0 Å². The van der Waals surface area contributed by atoms with E-state index < -0.39 is 0 Å². The molecule has 6 heteroatoms. The second kappa shape index (κ2) is 4.96. The van der Waals surface area contributed by atoms with Gasteiger partial charge in [0.05, 0.1) is 15.2 Å². The molecule has 17 heavy (non-hydrogen) atoms. The number of aromatic nitrogens is 3. The van der Waals surface area contributed by atoms with E-state index in [1.54, 1.807) is 4.57 Å². The summed E-state index contributed by atoms with van der Waals surface area (Å²) >= 11 is 15.6. The molecular formula is C11H10BrCl2N3. The Hall–Kier alpha value is -0.580. The van der Waals surface area contributed by atoms with Gasteiger partial charge in [-0.2, -0.15) is 0 Å². The van der Waals surface area contributed by atoms with Gasteiger partial charge in [0.25, 0.3) is 0 Å². The normalized spacial score (nSPS) is 11.2. The van der Waals surface area contributed by atoms with Crippen LogP contribution in [0.2, 0.25) is 10.3 Å². The lowest BCUT2D eigenvalue weighted by Crippen LogP contribution is -2.04. The molecule has 0 aliphatic carbocycles. The van der Waals surface area contributed by atoms with E-state index in [0.717, 1.165) is 16.0 Å². The summed E-state index contributed by atoms with van der Waals surface area (Å²) in [5.41, 5.74) is 0.844. The number of halogens is 3. The molecule has 1 aromatic heterocycles. The second-order valence-corrected chi connectivity index (χ2v) is 5.43. The molecule has 0 saturated heterocycles. The zero-order chi connectivity index (χ0) is 12.6. The predicted octanol–water partition coefficient (Wildman–Crippen LogP) is 4.46. The SMILES string of the molecule is CC(C)c1nnc(Cl)n1-c1cccc(Cl)c1Br. The maximum atomic E-state index is 6.07. The summed E-state index contributed by atoms with van der Waals surface area (Å²) in [7, 11) is 0. The lowest BCUT2D eigenvalue weighted by atomic mass is 10.2. The highest BCUT2D eigenvalue weighted by molar-refractivity contribution is 9.10. The first-order valence-corrected chi connectivity index (χ1v) is 6.62. The molecule has 2 rings (SSSR count). The van der Waals surface area contributed by atoms with E-state index in [1.165, 1.54) is 0 Å². The van der Waals surface area contributed by atoms with Gasteiger partial charge >= 0.3 is 0 Å². The maximum Gasteiger partial charge on any atom is 0.229 e. The van der Waals surface area contributed by atoms with Crippen molar-refractivity contribution >= 4 is 39.1 Å². The molecule has 0 radical (unpaired) electrons. The summed E-state index contributed by atoms with van der Waals surface area (Å²) in [6, 6.07) is 5.59. The van der Waals surface area contributed by atoms with E-state index in [9.17, 15) is 0 Å². The molecule has 1 heterocycles. The Kier molecular flexibility index (Phi) is 3.76. The molecule has 0 bridgehead atoms. The van der Waals surface area contributed by atoms with Crippen LogP contribution in [-0.2, 0) is 0 Å². The summed E-state index contributed by atoms with van der Waals surface area (Å²) in [6.07, 6.45) is 0. The van der Waals surface area contributed by atoms with Crippen LogP contribution in [0.15, 0.2) is 22.7 Å². The third-order valence-electron chi connectivity index (χ3n) is 2.34. The van der Waals surface area contributed by atoms with E-state index in [2.05, 4.69) is 26.1 Å². The number of hydrogen-bond donors (Lipinski definition) is 0. The zero-order valence-corrected chi connectivity index (χ0v) is 12.4. The highest BCUT2D eigenvalue weighted by atomic mass is 79.9. The average Bonchev–Trinajstić information content (AvgIpc) is 2.65. The highest BCUT2D eigenvalue weighted by Gasteiger charge is 2.17. The number of benzene rings is 1. The van der Waals surface area contributed by atoms with Gasteiger partial charge in [-0.3, -0.25) is 4.57 Å². The largest absolute Gasteiger partial charge is 0.268 e. The Labute approximate surface area is 118 Å². The molecule has 90 valence electrons. The van der Waals surface area contributed by atoms with Gasteiger partial charge in [-0.25, -0.2) is 0 Å². The van der Waals surface area contributed by atoms with Crippen LogP contribution < -0.4 is 0 Å². The molecule has 1 aromatic carbocycles. The van der Waals surface area contributed by atoms with Crippen molar-refractivity contribution in [1.82, 2.24) is 14.8 Å². The zero-order valence-electron chi connectivity index (χ0n) is 9.28.